The van der Waals surface area contributed by atoms with E-state index in [2.05, 4.69) is 148 Å². The maximum Gasteiger partial charge on any atom is 0.306 e. The maximum atomic E-state index is 12.4. The molecule has 0 fully saturated rings. The fraction of sp³-hybridized carbons (Fsp3) is 0.711. The lowest BCUT2D eigenvalue weighted by atomic mass is 10.0. The molecule has 1 N–H and O–H groups in total. The molecule has 0 aliphatic rings. The van der Waals surface area contributed by atoms with Crippen LogP contribution in [0.25, 0.3) is 0 Å². The summed E-state index contributed by atoms with van der Waals surface area (Å²) in [5, 5.41) is 9.72. The fourth-order valence-corrected chi connectivity index (χ4v) is 10.8. The molecular weight excluding hydrogens is 1080 g/mol. The molecule has 88 heavy (non-hydrogen) atoms. The van der Waals surface area contributed by atoms with Gasteiger partial charge in [-0.25, -0.2) is 0 Å². The number of aliphatic hydroxyl groups excluding tert-OH is 1. The first kappa shape index (κ1) is 84.0. The van der Waals surface area contributed by atoms with Crippen molar-refractivity contribution in [2.45, 2.75) is 367 Å². The van der Waals surface area contributed by atoms with Crippen molar-refractivity contribution in [3.8, 4) is 0 Å². The van der Waals surface area contributed by atoms with Crippen LogP contribution >= 0.6 is 0 Å². The third-order valence-corrected chi connectivity index (χ3v) is 16.4. The van der Waals surface area contributed by atoms with Gasteiger partial charge in [0.2, 0.25) is 0 Å². The Labute approximate surface area is 546 Å². The highest BCUT2D eigenvalue weighted by atomic mass is 16.6. The van der Waals surface area contributed by atoms with Crippen molar-refractivity contribution in [1.29, 1.82) is 0 Å². The average molecular weight is 1220 g/mol. The van der Waals surface area contributed by atoms with Gasteiger partial charge in [0, 0.05) is 12.8 Å². The number of carbonyl (C=O) groups excluding carboxylic acids is 2. The van der Waals surface area contributed by atoms with Crippen LogP contribution in [0.5, 0.6) is 0 Å². The normalized spacial score (nSPS) is 13.0. The summed E-state index contributed by atoms with van der Waals surface area (Å²) < 4.78 is 10.8. The number of unbranched alkanes of at least 4 members (excludes halogenated alkanes) is 39. The molecule has 0 rings (SSSR count). The van der Waals surface area contributed by atoms with Crippen LogP contribution in [0.3, 0.4) is 0 Å². The Bertz CT molecular complexity index is 1770. The van der Waals surface area contributed by atoms with Gasteiger partial charge in [0.05, 0.1) is 6.61 Å². The lowest BCUT2D eigenvalue weighted by molar-refractivity contribution is -0.161. The monoisotopic (exact) mass is 1220 g/mol. The number of hydrogen-bond acceptors (Lipinski definition) is 5. The van der Waals surface area contributed by atoms with Gasteiger partial charge in [-0.15, -0.1) is 0 Å². The van der Waals surface area contributed by atoms with Crippen molar-refractivity contribution in [2.75, 3.05) is 13.2 Å². The van der Waals surface area contributed by atoms with Gasteiger partial charge in [-0.3, -0.25) is 9.59 Å². The number of hydrogen-bond donors (Lipinski definition) is 1. The zero-order valence-corrected chi connectivity index (χ0v) is 58.0. The average Bonchev–Trinajstić information content (AvgIpc) is 3.56. The Hall–Kier alpha value is -3.96. The molecule has 0 aromatic heterocycles. The molecule has 5 heteroatoms. The Morgan fingerprint density at radius 1 is 0.273 bits per heavy atom. The van der Waals surface area contributed by atoms with E-state index in [4.69, 9.17) is 9.47 Å². The molecule has 1 atom stereocenters. The number of esters is 2. The van der Waals surface area contributed by atoms with E-state index in [1.54, 1.807) is 0 Å². The molecule has 0 aromatic rings. The summed E-state index contributed by atoms with van der Waals surface area (Å²) in [6.07, 6.45) is 115. The molecule has 0 amide bonds. The Balaban J connectivity index is 3.50. The summed E-state index contributed by atoms with van der Waals surface area (Å²) >= 11 is 0. The van der Waals surface area contributed by atoms with Gasteiger partial charge >= 0.3 is 11.9 Å². The van der Waals surface area contributed by atoms with Gasteiger partial charge in [0.15, 0.2) is 6.10 Å². The zero-order valence-electron chi connectivity index (χ0n) is 58.0. The molecule has 504 valence electrons. The highest BCUT2D eigenvalue weighted by molar-refractivity contribution is 5.70. The number of allylic oxidation sites excluding steroid dienone is 22. The lowest BCUT2D eigenvalue weighted by Gasteiger charge is -2.15. The summed E-state index contributed by atoms with van der Waals surface area (Å²) in [5.74, 6) is -0.587. The van der Waals surface area contributed by atoms with Crippen molar-refractivity contribution in [1.82, 2.24) is 0 Å². The standard InChI is InChI=1S/C83H142O5/c1-3-5-7-9-11-13-15-17-19-21-23-25-27-29-31-33-35-37-38-39-40-41-42-43-44-46-48-50-52-54-56-58-60-62-64-66-68-70-72-74-76-78-83(86)88-81(79-84)80-87-82(85)77-75-73-71-69-67-65-63-61-59-57-55-53-51-49-47-45-36-34-32-30-28-26-24-22-20-18-16-14-12-10-8-6-4-2/h5,7,11,13,17,19,22-25,29,31,35,37,39-40,42-43,46,48,52,54,81,84H,3-4,6,8-10,12,14-16,18,20-21,26-28,30,32-34,36,38,41,44-45,47,49-51,53,55-80H2,1-2H3/b7-5-,13-11-,19-17-,24-22-,25-23-,31-29-,37-35-,40-39-,43-42-,48-46-,54-52-. The smallest absolute Gasteiger partial charge is 0.306 e. The molecule has 0 saturated carbocycles. The highest BCUT2D eigenvalue weighted by Gasteiger charge is 2.16. The van der Waals surface area contributed by atoms with E-state index < -0.39 is 6.10 Å². The quantitative estimate of drug-likeness (QED) is 0.0373. The first-order valence-electron chi connectivity index (χ1n) is 37.7. The van der Waals surface area contributed by atoms with Crippen LogP contribution in [0.2, 0.25) is 0 Å². The summed E-state index contributed by atoms with van der Waals surface area (Å²) in [6, 6.07) is 0. The second-order valence-electron chi connectivity index (χ2n) is 25.0. The number of rotatable bonds is 69. The molecule has 0 aliphatic heterocycles. The number of ether oxygens (including phenoxy) is 2. The van der Waals surface area contributed by atoms with Crippen molar-refractivity contribution in [3.63, 3.8) is 0 Å². The van der Waals surface area contributed by atoms with E-state index in [9.17, 15) is 14.7 Å². The molecule has 0 bridgehead atoms. The molecule has 0 heterocycles. The number of carbonyl (C=O) groups is 2. The van der Waals surface area contributed by atoms with Gasteiger partial charge in [-0.1, -0.05) is 366 Å². The van der Waals surface area contributed by atoms with Crippen LogP contribution in [0.15, 0.2) is 134 Å². The second-order valence-corrected chi connectivity index (χ2v) is 25.0. The fourth-order valence-electron chi connectivity index (χ4n) is 10.8. The molecule has 0 saturated heterocycles. The van der Waals surface area contributed by atoms with Crippen LogP contribution < -0.4 is 0 Å². The lowest BCUT2D eigenvalue weighted by Crippen LogP contribution is -2.28. The molecule has 1 unspecified atom stereocenters. The predicted molar refractivity (Wildman–Crippen MR) is 389 cm³/mol. The Morgan fingerprint density at radius 3 is 0.750 bits per heavy atom. The first-order valence-corrected chi connectivity index (χ1v) is 37.7. The van der Waals surface area contributed by atoms with E-state index in [-0.39, 0.29) is 25.2 Å². The molecule has 0 aliphatic carbocycles. The van der Waals surface area contributed by atoms with Crippen molar-refractivity contribution >= 4 is 11.9 Å². The molecule has 5 nitrogen and oxygen atoms in total. The van der Waals surface area contributed by atoms with Crippen molar-refractivity contribution in [3.05, 3.63) is 134 Å². The maximum absolute atomic E-state index is 12.4. The summed E-state index contributed by atoms with van der Waals surface area (Å²) in [5.41, 5.74) is 0. The van der Waals surface area contributed by atoms with Crippen LogP contribution in [0.1, 0.15) is 361 Å². The zero-order chi connectivity index (χ0) is 63.3. The predicted octanol–water partition coefficient (Wildman–Crippen LogP) is 26.7. The van der Waals surface area contributed by atoms with Gasteiger partial charge in [-0.05, 0) is 116 Å². The van der Waals surface area contributed by atoms with Crippen molar-refractivity contribution in [2.24, 2.45) is 0 Å². The second kappa shape index (κ2) is 77.3. The van der Waals surface area contributed by atoms with E-state index in [0.29, 0.717) is 12.8 Å². The van der Waals surface area contributed by atoms with E-state index >= 15 is 0 Å². The largest absolute Gasteiger partial charge is 0.462 e. The summed E-state index contributed by atoms with van der Waals surface area (Å²) in [7, 11) is 0. The van der Waals surface area contributed by atoms with E-state index in [1.807, 2.05) is 0 Å². The van der Waals surface area contributed by atoms with Crippen LogP contribution in [0.4, 0.5) is 0 Å². The third-order valence-electron chi connectivity index (χ3n) is 16.4. The van der Waals surface area contributed by atoms with Gasteiger partial charge in [0.25, 0.3) is 0 Å². The van der Waals surface area contributed by atoms with Gasteiger partial charge in [0.1, 0.15) is 6.61 Å². The minimum absolute atomic E-state index is 0.0699. The van der Waals surface area contributed by atoms with Crippen LogP contribution in [-0.2, 0) is 19.1 Å². The van der Waals surface area contributed by atoms with Gasteiger partial charge in [-0.2, -0.15) is 0 Å². The van der Waals surface area contributed by atoms with Gasteiger partial charge < -0.3 is 14.6 Å². The molecule has 0 aromatic carbocycles. The minimum Gasteiger partial charge on any atom is -0.462 e. The topological polar surface area (TPSA) is 72.8 Å². The molecule has 0 spiro atoms. The third kappa shape index (κ3) is 74.5. The Kier molecular flexibility index (Phi) is 73.8. The molecular formula is C83H142O5. The van der Waals surface area contributed by atoms with Crippen molar-refractivity contribution < 1.29 is 24.2 Å². The van der Waals surface area contributed by atoms with Crippen LogP contribution in [0, 0.1) is 0 Å². The SMILES string of the molecule is CC/C=C\C/C=C\C/C=C\C/C=C\C/C=C\C/C=C\C/C=C\C/C=C\C/C=C\C/C=C\CCCCCCCCCCCCC(=O)OC(CO)COC(=O)CCCCCCCCCCCCCCCCCCCCCCC/C=C\CCCCCCCCCC. The minimum atomic E-state index is -0.783. The van der Waals surface area contributed by atoms with E-state index in [1.165, 1.54) is 231 Å². The van der Waals surface area contributed by atoms with E-state index in [0.717, 1.165) is 103 Å². The summed E-state index contributed by atoms with van der Waals surface area (Å²) in [6.45, 7) is 4.06. The van der Waals surface area contributed by atoms with Crippen LogP contribution in [-0.4, -0.2) is 36.4 Å². The molecule has 0 radical (unpaired) electrons. The summed E-state index contributed by atoms with van der Waals surface area (Å²) in [4.78, 5) is 24.7. The highest BCUT2D eigenvalue weighted by Crippen LogP contribution is 2.18. The Morgan fingerprint density at radius 2 is 0.489 bits per heavy atom. The first-order chi connectivity index (χ1) is 43.6. The number of aliphatic hydroxyl groups is 1.